The number of rotatable bonds is 3. The molecule has 1 aliphatic rings. The summed E-state index contributed by atoms with van der Waals surface area (Å²) in [5.41, 5.74) is 0. The van der Waals surface area contributed by atoms with Gasteiger partial charge in [0.1, 0.15) is 6.61 Å². The summed E-state index contributed by atoms with van der Waals surface area (Å²) in [5, 5.41) is 0. The standard InChI is InChI=1S/C7H12O3/c8-6-9-5-7-3-1-2-4-10-7/h6-7H,1-5H2. The zero-order valence-corrected chi connectivity index (χ0v) is 5.91. The van der Waals surface area contributed by atoms with Crippen LogP contribution in [0.1, 0.15) is 19.3 Å². The molecule has 0 aliphatic carbocycles. The van der Waals surface area contributed by atoms with E-state index in [1.165, 1.54) is 6.42 Å². The maximum Gasteiger partial charge on any atom is 0.293 e. The lowest BCUT2D eigenvalue weighted by atomic mass is 10.1. The van der Waals surface area contributed by atoms with Crippen LogP contribution in [-0.2, 0) is 14.3 Å². The Balaban J connectivity index is 2.07. The van der Waals surface area contributed by atoms with E-state index in [9.17, 15) is 4.79 Å². The third kappa shape index (κ3) is 2.35. The highest BCUT2D eigenvalue weighted by molar-refractivity contribution is 5.36. The molecule has 10 heavy (non-hydrogen) atoms. The molecule has 3 heteroatoms. The Morgan fingerprint density at radius 2 is 2.50 bits per heavy atom. The number of hydrogen-bond acceptors (Lipinski definition) is 3. The molecule has 0 saturated carbocycles. The number of carbonyl (C=O) groups excluding carboxylic acids is 1. The van der Waals surface area contributed by atoms with Crippen LogP contribution in [0.5, 0.6) is 0 Å². The molecular formula is C7H12O3. The maximum absolute atomic E-state index is 9.77. The quantitative estimate of drug-likeness (QED) is 0.548. The minimum atomic E-state index is 0.152. The second-order valence-electron chi connectivity index (χ2n) is 2.42. The molecule has 0 spiro atoms. The van der Waals surface area contributed by atoms with Crippen LogP contribution in [0.2, 0.25) is 0 Å². The first-order valence-electron chi connectivity index (χ1n) is 3.60. The Kier molecular flexibility index (Phi) is 3.22. The average molecular weight is 144 g/mol. The van der Waals surface area contributed by atoms with Crippen LogP contribution in [0.3, 0.4) is 0 Å². The van der Waals surface area contributed by atoms with Crippen molar-refractivity contribution in [3.05, 3.63) is 0 Å². The molecule has 0 aromatic heterocycles. The molecule has 0 aromatic rings. The van der Waals surface area contributed by atoms with Gasteiger partial charge in [0.05, 0.1) is 6.10 Å². The van der Waals surface area contributed by atoms with Gasteiger partial charge in [-0.25, -0.2) is 0 Å². The predicted octanol–water partition coefficient (Wildman–Crippen LogP) is 0.729. The Hall–Kier alpha value is -0.570. The lowest BCUT2D eigenvalue weighted by Gasteiger charge is -2.20. The van der Waals surface area contributed by atoms with Crippen LogP contribution in [-0.4, -0.2) is 25.8 Å². The molecule has 1 fully saturated rings. The predicted molar refractivity (Wildman–Crippen MR) is 35.6 cm³/mol. The van der Waals surface area contributed by atoms with Crippen molar-refractivity contribution in [3.63, 3.8) is 0 Å². The van der Waals surface area contributed by atoms with Crippen LogP contribution in [0.25, 0.3) is 0 Å². The highest BCUT2D eigenvalue weighted by atomic mass is 16.6. The van der Waals surface area contributed by atoms with Gasteiger partial charge < -0.3 is 9.47 Å². The van der Waals surface area contributed by atoms with Crippen LogP contribution in [0, 0.1) is 0 Å². The summed E-state index contributed by atoms with van der Waals surface area (Å²) in [6.45, 7) is 1.70. The Morgan fingerprint density at radius 3 is 3.10 bits per heavy atom. The van der Waals surface area contributed by atoms with Crippen LogP contribution < -0.4 is 0 Å². The molecule has 0 aromatic carbocycles. The Bertz CT molecular complexity index is 97.0. The van der Waals surface area contributed by atoms with Crippen molar-refractivity contribution in [3.8, 4) is 0 Å². The van der Waals surface area contributed by atoms with Crippen molar-refractivity contribution in [1.29, 1.82) is 0 Å². The minimum absolute atomic E-state index is 0.152. The fourth-order valence-corrected chi connectivity index (χ4v) is 1.09. The van der Waals surface area contributed by atoms with Crippen molar-refractivity contribution in [1.82, 2.24) is 0 Å². The molecule has 0 bridgehead atoms. The first-order chi connectivity index (χ1) is 4.93. The van der Waals surface area contributed by atoms with E-state index in [-0.39, 0.29) is 6.10 Å². The van der Waals surface area contributed by atoms with Gasteiger partial charge in [-0.1, -0.05) is 0 Å². The van der Waals surface area contributed by atoms with Crippen molar-refractivity contribution >= 4 is 6.47 Å². The van der Waals surface area contributed by atoms with E-state index in [1.807, 2.05) is 0 Å². The van der Waals surface area contributed by atoms with E-state index in [0.29, 0.717) is 13.1 Å². The van der Waals surface area contributed by atoms with E-state index in [0.717, 1.165) is 19.4 Å². The molecule has 1 rings (SSSR count). The Morgan fingerprint density at radius 1 is 1.60 bits per heavy atom. The largest absolute Gasteiger partial charge is 0.465 e. The first-order valence-corrected chi connectivity index (χ1v) is 3.60. The summed E-state index contributed by atoms with van der Waals surface area (Å²) in [6.07, 6.45) is 3.50. The van der Waals surface area contributed by atoms with E-state index in [4.69, 9.17) is 4.74 Å². The number of carbonyl (C=O) groups is 1. The van der Waals surface area contributed by atoms with Gasteiger partial charge in [-0.05, 0) is 19.3 Å². The van der Waals surface area contributed by atoms with Gasteiger partial charge in [-0.2, -0.15) is 0 Å². The molecule has 1 atom stereocenters. The third-order valence-electron chi connectivity index (χ3n) is 1.62. The van der Waals surface area contributed by atoms with Gasteiger partial charge in [0.15, 0.2) is 0 Å². The summed E-state index contributed by atoms with van der Waals surface area (Å²) in [6, 6.07) is 0. The van der Waals surface area contributed by atoms with Gasteiger partial charge in [-0.15, -0.1) is 0 Å². The zero-order valence-electron chi connectivity index (χ0n) is 5.91. The van der Waals surface area contributed by atoms with Crippen molar-refractivity contribution in [2.75, 3.05) is 13.2 Å². The summed E-state index contributed by atoms with van der Waals surface area (Å²) in [4.78, 5) is 9.77. The lowest BCUT2D eigenvalue weighted by molar-refractivity contribution is -0.134. The van der Waals surface area contributed by atoms with E-state index in [1.54, 1.807) is 0 Å². The van der Waals surface area contributed by atoms with E-state index in [2.05, 4.69) is 4.74 Å². The monoisotopic (exact) mass is 144 g/mol. The third-order valence-corrected chi connectivity index (χ3v) is 1.62. The van der Waals surface area contributed by atoms with Gasteiger partial charge in [-0.3, -0.25) is 4.79 Å². The molecule has 1 saturated heterocycles. The molecule has 1 unspecified atom stereocenters. The summed E-state index contributed by atoms with van der Waals surface area (Å²) >= 11 is 0. The SMILES string of the molecule is O=COCC1CCCCO1. The molecule has 58 valence electrons. The molecule has 0 amide bonds. The van der Waals surface area contributed by atoms with Gasteiger partial charge >= 0.3 is 0 Å². The normalized spacial score (nSPS) is 25.8. The lowest BCUT2D eigenvalue weighted by Crippen LogP contribution is -2.23. The van der Waals surface area contributed by atoms with Gasteiger partial charge in [0.25, 0.3) is 6.47 Å². The Labute approximate surface area is 60.3 Å². The summed E-state index contributed by atoms with van der Waals surface area (Å²) < 4.78 is 9.86. The molecule has 1 aliphatic heterocycles. The molecule has 1 heterocycles. The summed E-state index contributed by atoms with van der Waals surface area (Å²) in [5.74, 6) is 0. The molecule has 0 N–H and O–H groups in total. The zero-order chi connectivity index (χ0) is 7.23. The second kappa shape index (κ2) is 4.28. The van der Waals surface area contributed by atoms with Gasteiger partial charge in [0, 0.05) is 6.61 Å². The van der Waals surface area contributed by atoms with Crippen molar-refractivity contribution in [2.45, 2.75) is 25.4 Å². The number of hydrogen-bond donors (Lipinski definition) is 0. The van der Waals surface area contributed by atoms with Crippen LogP contribution >= 0.6 is 0 Å². The highest BCUT2D eigenvalue weighted by Crippen LogP contribution is 2.12. The van der Waals surface area contributed by atoms with Crippen molar-refractivity contribution in [2.24, 2.45) is 0 Å². The van der Waals surface area contributed by atoms with Crippen LogP contribution in [0.4, 0.5) is 0 Å². The van der Waals surface area contributed by atoms with E-state index >= 15 is 0 Å². The number of ether oxygens (including phenoxy) is 2. The first kappa shape index (κ1) is 7.54. The van der Waals surface area contributed by atoms with Crippen LogP contribution in [0.15, 0.2) is 0 Å². The fraction of sp³-hybridized carbons (Fsp3) is 0.857. The van der Waals surface area contributed by atoms with Crippen molar-refractivity contribution < 1.29 is 14.3 Å². The maximum atomic E-state index is 9.77. The second-order valence-corrected chi connectivity index (χ2v) is 2.42. The van der Waals surface area contributed by atoms with Gasteiger partial charge in [0.2, 0.25) is 0 Å². The topological polar surface area (TPSA) is 35.5 Å². The average Bonchev–Trinajstić information content (AvgIpc) is 2.03. The summed E-state index contributed by atoms with van der Waals surface area (Å²) in [7, 11) is 0. The molecular weight excluding hydrogens is 132 g/mol. The minimum Gasteiger partial charge on any atom is -0.465 e. The highest BCUT2D eigenvalue weighted by Gasteiger charge is 2.13. The molecule has 3 nitrogen and oxygen atoms in total. The van der Waals surface area contributed by atoms with E-state index < -0.39 is 0 Å². The fourth-order valence-electron chi connectivity index (χ4n) is 1.09. The molecule has 0 radical (unpaired) electrons. The smallest absolute Gasteiger partial charge is 0.293 e.